The summed E-state index contributed by atoms with van der Waals surface area (Å²) in [5, 5.41) is 13.5. The van der Waals surface area contributed by atoms with E-state index in [9.17, 15) is 4.79 Å². The van der Waals surface area contributed by atoms with Gasteiger partial charge in [0.25, 0.3) is 0 Å². The lowest BCUT2D eigenvalue weighted by Crippen LogP contribution is -2.06. The molecule has 0 aliphatic carbocycles. The van der Waals surface area contributed by atoms with Crippen LogP contribution in [0, 0.1) is 3.57 Å². The summed E-state index contributed by atoms with van der Waals surface area (Å²) in [6.45, 7) is 4.33. The summed E-state index contributed by atoms with van der Waals surface area (Å²) in [7, 11) is 0. The van der Waals surface area contributed by atoms with Crippen LogP contribution in [0.3, 0.4) is 0 Å². The third-order valence-electron chi connectivity index (χ3n) is 2.74. The van der Waals surface area contributed by atoms with E-state index in [4.69, 9.17) is 9.84 Å². The molecule has 0 saturated carbocycles. The van der Waals surface area contributed by atoms with E-state index >= 15 is 0 Å². The average molecular weight is 386 g/mol. The number of carbonyl (C=O) groups is 1. The van der Waals surface area contributed by atoms with Gasteiger partial charge in [-0.25, -0.2) is 4.79 Å². The van der Waals surface area contributed by atoms with Crippen molar-refractivity contribution in [3.63, 3.8) is 0 Å². The molecule has 1 aromatic heterocycles. The molecule has 0 unspecified atom stereocenters. The summed E-state index contributed by atoms with van der Waals surface area (Å²) in [4.78, 5) is 11.2. The van der Waals surface area contributed by atoms with Crippen LogP contribution in [0.1, 0.15) is 35.9 Å². The molecule has 1 N–H and O–H groups in total. The summed E-state index contributed by atoms with van der Waals surface area (Å²) in [5.41, 5.74) is 0.939. The second-order valence-electron chi connectivity index (χ2n) is 4.62. The number of halogens is 1. The fourth-order valence-electron chi connectivity index (χ4n) is 1.69. The monoisotopic (exact) mass is 386 g/mol. The summed E-state index contributed by atoms with van der Waals surface area (Å²) in [6, 6.07) is 7.23. The second-order valence-corrected chi connectivity index (χ2v) is 5.86. The summed E-state index contributed by atoms with van der Waals surface area (Å²) in [6.07, 6.45) is 1.88. The normalized spacial score (nSPS) is 10.8. The Hall–Kier alpha value is -1.57. The van der Waals surface area contributed by atoms with Gasteiger partial charge in [-0.05, 0) is 60.7 Å². The third kappa shape index (κ3) is 3.50. The number of carboxylic acids is 1. The molecule has 6 heteroatoms. The van der Waals surface area contributed by atoms with Gasteiger partial charge in [0.05, 0.1) is 5.69 Å². The van der Waals surface area contributed by atoms with Gasteiger partial charge >= 0.3 is 5.97 Å². The van der Waals surface area contributed by atoms with Crippen molar-refractivity contribution in [2.24, 2.45) is 0 Å². The van der Waals surface area contributed by atoms with Crippen molar-refractivity contribution in [2.45, 2.75) is 26.5 Å². The number of rotatable bonds is 5. The molecular weight excluding hydrogens is 371 g/mol. The van der Waals surface area contributed by atoms with E-state index in [0.29, 0.717) is 5.75 Å². The molecule has 0 bridgehead atoms. The zero-order valence-electron chi connectivity index (χ0n) is 11.2. The van der Waals surface area contributed by atoms with Gasteiger partial charge in [0.1, 0.15) is 17.9 Å². The smallest absolute Gasteiger partial charge is 0.339 e. The van der Waals surface area contributed by atoms with E-state index in [2.05, 4.69) is 27.7 Å². The quantitative estimate of drug-likeness (QED) is 0.801. The summed E-state index contributed by atoms with van der Waals surface area (Å²) in [5.74, 6) is -0.636. The zero-order chi connectivity index (χ0) is 14.7. The van der Waals surface area contributed by atoms with Gasteiger partial charge in [-0.2, -0.15) is 5.10 Å². The molecule has 0 radical (unpaired) electrons. The van der Waals surface area contributed by atoms with Crippen LogP contribution >= 0.6 is 22.6 Å². The van der Waals surface area contributed by atoms with E-state index in [-0.39, 0.29) is 18.2 Å². The lowest BCUT2D eigenvalue weighted by atomic mass is 10.2. The number of benzene rings is 1. The number of ether oxygens (including phenoxy) is 1. The largest absolute Gasteiger partial charge is 0.486 e. The highest BCUT2D eigenvalue weighted by molar-refractivity contribution is 14.1. The minimum Gasteiger partial charge on any atom is -0.486 e. The van der Waals surface area contributed by atoms with E-state index in [1.807, 2.05) is 36.9 Å². The van der Waals surface area contributed by atoms with Crippen molar-refractivity contribution in [1.82, 2.24) is 9.78 Å². The topological polar surface area (TPSA) is 64.3 Å². The molecule has 2 aromatic rings. The van der Waals surface area contributed by atoms with Gasteiger partial charge in [-0.15, -0.1) is 0 Å². The molecule has 1 heterocycles. The van der Waals surface area contributed by atoms with Crippen molar-refractivity contribution in [2.75, 3.05) is 0 Å². The third-order valence-corrected chi connectivity index (χ3v) is 3.41. The fraction of sp³-hybridized carbons (Fsp3) is 0.286. The lowest BCUT2D eigenvalue weighted by Gasteiger charge is -2.08. The van der Waals surface area contributed by atoms with Crippen LogP contribution in [-0.2, 0) is 6.61 Å². The molecule has 0 spiro atoms. The van der Waals surface area contributed by atoms with Crippen LogP contribution in [0.5, 0.6) is 5.75 Å². The van der Waals surface area contributed by atoms with E-state index < -0.39 is 5.97 Å². The van der Waals surface area contributed by atoms with Crippen molar-refractivity contribution in [3.8, 4) is 5.75 Å². The van der Waals surface area contributed by atoms with Crippen LogP contribution in [-0.4, -0.2) is 20.9 Å². The Bertz CT molecular complexity index is 623. The Morgan fingerprint density at radius 2 is 2.20 bits per heavy atom. The standard InChI is InChI=1S/C14H15IN2O3/c1-9(2)17-6-5-11(16-17)8-20-13-4-3-10(15)7-12(13)14(18)19/h3-7,9H,8H2,1-2H3,(H,18,19). The SMILES string of the molecule is CC(C)n1ccc(COc2ccc(I)cc2C(=O)O)n1. The van der Waals surface area contributed by atoms with Gasteiger partial charge in [0.2, 0.25) is 0 Å². The maximum absolute atomic E-state index is 11.2. The van der Waals surface area contributed by atoms with Crippen molar-refractivity contribution < 1.29 is 14.6 Å². The Balaban J connectivity index is 2.12. The zero-order valence-corrected chi connectivity index (χ0v) is 13.4. The van der Waals surface area contributed by atoms with Crippen LogP contribution in [0.4, 0.5) is 0 Å². The summed E-state index contributed by atoms with van der Waals surface area (Å²) >= 11 is 2.07. The molecule has 2 rings (SSSR count). The first-order valence-corrected chi connectivity index (χ1v) is 7.25. The Morgan fingerprint density at radius 3 is 2.80 bits per heavy atom. The molecule has 5 nitrogen and oxygen atoms in total. The van der Waals surface area contributed by atoms with Crippen LogP contribution in [0.15, 0.2) is 30.5 Å². The first kappa shape index (κ1) is 14.8. The first-order chi connectivity index (χ1) is 9.47. The molecule has 1 aromatic carbocycles. The number of nitrogens with zero attached hydrogens (tertiary/aromatic N) is 2. The highest BCUT2D eigenvalue weighted by atomic mass is 127. The van der Waals surface area contributed by atoms with Gasteiger partial charge in [-0.3, -0.25) is 4.68 Å². The number of carboxylic acid groups (broad SMARTS) is 1. The molecule has 106 valence electrons. The van der Waals surface area contributed by atoms with Crippen LogP contribution in [0.25, 0.3) is 0 Å². The maximum Gasteiger partial charge on any atom is 0.339 e. The minimum atomic E-state index is -0.994. The molecule has 20 heavy (non-hydrogen) atoms. The summed E-state index contributed by atoms with van der Waals surface area (Å²) < 4.78 is 8.27. The van der Waals surface area contributed by atoms with E-state index in [0.717, 1.165) is 9.26 Å². The van der Waals surface area contributed by atoms with Crippen molar-refractivity contribution >= 4 is 28.6 Å². The number of aromatic nitrogens is 2. The highest BCUT2D eigenvalue weighted by Crippen LogP contribution is 2.22. The van der Waals surface area contributed by atoms with Gasteiger partial charge in [0, 0.05) is 15.8 Å². The Kier molecular flexibility index (Phi) is 4.64. The molecule has 0 aliphatic rings. The molecule has 0 aliphatic heterocycles. The van der Waals surface area contributed by atoms with Crippen molar-refractivity contribution in [3.05, 3.63) is 45.3 Å². The number of hydrogen-bond donors (Lipinski definition) is 1. The molecular formula is C14H15IN2O3. The van der Waals surface area contributed by atoms with Gasteiger partial charge < -0.3 is 9.84 Å². The number of hydrogen-bond acceptors (Lipinski definition) is 3. The van der Waals surface area contributed by atoms with E-state index in [1.54, 1.807) is 12.1 Å². The lowest BCUT2D eigenvalue weighted by molar-refractivity contribution is 0.0691. The minimum absolute atomic E-state index is 0.167. The van der Waals surface area contributed by atoms with Gasteiger partial charge in [0.15, 0.2) is 0 Å². The number of aromatic carboxylic acids is 1. The second kappa shape index (κ2) is 6.25. The first-order valence-electron chi connectivity index (χ1n) is 6.17. The van der Waals surface area contributed by atoms with E-state index in [1.165, 1.54) is 0 Å². The average Bonchev–Trinajstić information content (AvgIpc) is 2.86. The highest BCUT2D eigenvalue weighted by Gasteiger charge is 2.12. The van der Waals surface area contributed by atoms with Crippen LogP contribution in [0.2, 0.25) is 0 Å². The van der Waals surface area contributed by atoms with Crippen molar-refractivity contribution in [1.29, 1.82) is 0 Å². The predicted molar refractivity (Wildman–Crippen MR) is 83.1 cm³/mol. The van der Waals surface area contributed by atoms with Gasteiger partial charge in [-0.1, -0.05) is 0 Å². The maximum atomic E-state index is 11.2. The Morgan fingerprint density at radius 1 is 1.45 bits per heavy atom. The molecule has 0 amide bonds. The Labute approximate surface area is 130 Å². The molecule has 0 saturated heterocycles. The van der Waals surface area contributed by atoms with Crippen LogP contribution < -0.4 is 4.74 Å². The molecule has 0 atom stereocenters. The molecule has 0 fully saturated rings. The fourth-order valence-corrected chi connectivity index (χ4v) is 2.18. The predicted octanol–water partition coefficient (Wildman–Crippen LogP) is 3.35.